The van der Waals surface area contributed by atoms with Crippen molar-refractivity contribution in [2.24, 2.45) is 0 Å². The van der Waals surface area contributed by atoms with Crippen LogP contribution in [-0.2, 0) is 0 Å². The van der Waals surface area contributed by atoms with Crippen LogP contribution in [0.25, 0.3) is 110 Å². The zero-order valence-corrected chi connectivity index (χ0v) is 28.3. The summed E-state index contributed by atoms with van der Waals surface area (Å²) < 4.78 is 317. The molecule has 0 amide bonds. The van der Waals surface area contributed by atoms with E-state index in [1.54, 1.807) is 0 Å². The Morgan fingerprint density at radius 3 is 1.47 bits per heavy atom. The van der Waals surface area contributed by atoms with Crippen LogP contribution in [0.5, 0.6) is 0 Å². The largest absolute Gasteiger partial charge is 0.455 e. The Kier molecular flexibility index (Phi) is 2.84. The van der Waals surface area contributed by atoms with Gasteiger partial charge < -0.3 is 13.6 Å². The van der Waals surface area contributed by atoms with Crippen LogP contribution in [0.15, 0.2) is 210 Å². The van der Waals surface area contributed by atoms with Crippen molar-refractivity contribution in [1.82, 2.24) is 9.13 Å². The quantitative estimate of drug-likeness (QED) is 0.171. The first-order valence-corrected chi connectivity index (χ1v) is 16.7. The third kappa shape index (κ3) is 4.79. The van der Waals surface area contributed by atoms with Crippen molar-refractivity contribution >= 4 is 65.6 Å². The van der Waals surface area contributed by atoms with Gasteiger partial charge in [-0.1, -0.05) is 145 Å². The van der Waals surface area contributed by atoms with Crippen LogP contribution in [0.2, 0.25) is 0 Å². The molecule has 0 saturated carbocycles. The van der Waals surface area contributed by atoms with Crippen molar-refractivity contribution in [2.45, 2.75) is 0 Å². The molecule has 3 nitrogen and oxygen atoms in total. The van der Waals surface area contributed by atoms with Gasteiger partial charge in [0, 0.05) is 38.1 Å². The molecule has 0 bridgehead atoms. The molecule has 3 heterocycles. The third-order valence-corrected chi connectivity index (χ3v) is 9.28. The lowest BCUT2D eigenvalue weighted by atomic mass is 10.00. The van der Waals surface area contributed by atoms with E-state index in [0.717, 1.165) is 4.57 Å². The van der Waals surface area contributed by atoms with Crippen molar-refractivity contribution in [3.8, 4) is 44.8 Å². The molecule has 0 atom stereocenters. The molecular weight excluding hydrogens is 693 g/mol. The number of hydrogen-bond donors (Lipinski definition) is 0. The Balaban J connectivity index is 1.30. The van der Waals surface area contributed by atoms with Crippen LogP contribution >= 0.6 is 0 Å². The van der Waals surface area contributed by atoms with E-state index in [1.165, 1.54) is 0 Å². The SMILES string of the molecule is [2H]c1c([2H])c([2H])c(-c2c([2H])c([2H])c([2H])c([2H])c2-n2c3c([2H])c([2H])c([2H])c([2H])c3c3c([2H])c(-c4c([2H])c([2H])c5c(c4[2H])c4c([2H])c([2H])c([2H])c([2H])c4n5-c4c([2H])c([2H])c(-c5c([2H])c([2H])c([2H])c([2H])c5[2H])c5oc6c([2H])c([2H])c([2H])c([2H])c6c45)c([2H])c([2H])c32)c([2H])c1[2H]. The molecule has 0 aliphatic carbocycles. The molecule has 0 N–H and O–H groups in total. The topological polar surface area (TPSA) is 23.0 Å². The van der Waals surface area contributed by atoms with Crippen LogP contribution in [0.1, 0.15) is 46.6 Å². The smallest absolute Gasteiger partial charge is 0.145 e. The minimum atomic E-state index is -1.16. The summed E-state index contributed by atoms with van der Waals surface area (Å²) in [6.45, 7) is 0. The van der Waals surface area contributed by atoms with Crippen LogP contribution in [-0.4, -0.2) is 9.13 Å². The second-order valence-electron chi connectivity index (χ2n) is 12.3. The first kappa shape index (κ1) is 13.0. The number of furan rings is 1. The van der Waals surface area contributed by atoms with Gasteiger partial charge in [0.1, 0.15) is 11.2 Å². The molecule has 12 rings (SSSR count). The fraction of sp³-hybridized carbons (Fsp3) is 0. The summed E-state index contributed by atoms with van der Waals surface area (Å²) in [7, 11) is 0. The Labute approximate surface area is 376 Å². The Morgan fingerprint density at radius 1 is 0.333 bits per heavy atom. The predicted octanol–water partition coefficient (Wildman–Crippen LogP) is 14.8. The van der Waals surface area contributed by atoms with Gasteiger partial charge in [0.15, 0.2) is 0 Å². The molecule has 0 aliphatic rings. The van der Waals surface area contributed by atoms with E-state index in [4.69, 9.17) is 30.5 Å². The summed E-state index contributed by atoms with van der Waals surface area (Å²) in [5.41, 5.74) is -11.3. The number of benzene rings is 9. The molecule has 0 aliphatic heterocycles. The molecule has 9 aromatic carbocycles. The molecule has 0 unspecified atom stereocenters. The van der Waals surface area contributed by atoms with Gasteiger partial charge in [-0.2, -0.15) is 0 Å². The number of nitrogens with zero attached hydrogens (tertiary/aromatic N) is 2. The van der Waals surface area contributed by atoms with E-state index in [0.29, 0.717) is 4.57 Å². The molecule has 3 aromatic heterocycles. The summed E-state index contributed by atoms with van der Waals surface area (Å²) in [5, 5.41) is -4.12. The van der Waals surface area contributed by atoms with E-state index in [1.807, 2.05) is 0 Å². The van der Waals surface area contributed by atoms with Gasteiger partial charge in [0.05, 0.1) is 85.4 Å². The van der Waals surface area contributed by atoms with Crippen LogP contribution in [0.3, 0.4) is 0 Å². The lowest BCUT2D eigenvalue weighted by Gasteiger charge is -2.14. The van der Waals surface area contributed by atoms with Crippen molar-refractivity contribution < 1.29 is 51.0 Å². The Hall–Kier alpha value is -7.62. The van der Waals surface area contributed by atoms with E-state index >= 15 is 0 Å². The lowest BCUT2D eigenvalue weighted by Crippen LogP contribution is -1.97. The number of fused-ring (bicyclic) bond motifs is 9. The van der Waals surface area contributed by atoms with E-state index < -0.39 is 316 Å². The minimum absolute atomic E-state index is 0.605. The van der Waals surface area contributed by atoms with E-state index in [9.17, 15) is 20.6 Å². The average molecular weight is 761 g/mol. The fourth-order valence-corrected chi connectivity index (χ4v) is 6.94. The van der Waals surface area contributed by atoms with Crippen LogP contribution in [0.4, 0.5) is 0 Å². The van der Waals surface area contributed by atoms with Crippen LogP contribution in [0, 0.1) is 0 Å². The predicted molar refractivity (Wildman–Crippen MR) is 239 cm³/mol. The summed E-state index contributed by atoms with van der Waals surface area (Å²) in [6.07, 6.45) is 0. The zero-order valence-electron chi connectivity index (χ0n) is 62.3. The number of aromatic nitrogens is 2. The van der Waals surface area contributed by atoms with Gasteiger partial charge in [-0.15, -0.1) is 0 Å². The van der Waals surface area contributed by atoms with Crippen molar-refractivity contribution in [3.05, 3.63) is 205 Å². The summed E-state index contributed by atoms with van der Waals surface area (Å²) in [4.78, 5) is 0. The highest BCUT2D eigenvalue weighted by molar-refractivity contribution is 6.17. The molecule has 0 radical (unpaired) electrons. The van der Waals surface area contributed by atoms with E-state index in [-0.39, 0.29) is 0 Å². The second kappa shape index (κ2) is 12.5. The Bertz CT molecular complexity index is 5470. The van der Waals surface area contributed by atoms with Gasteiger partial charge >= 0.3 is 0 Å². The highest BCUT2D eigenvalue weighted by Gasteiger charge is 2.21. The van der Waals surface area contributed by atoms with E-state index in [2.05, 4.69) is 0 Å². The van der Waals surface area contributed by atoms with Crippen molar-refractivity contribution in [1.29, 1.82) is 0 Å². The molecule has 0 fully saturated rings. The minimum Gasteiger partial charge on any atom is -0.455 e. The van der Waals surface area contributed by atoms with Gasteiger partial charge in [-0.3, -0.25) is 0 Å². The molecular formula is C54H34N2O. The standard InChI is InChI=1S/C54H34N2O/c1-3-15-35(16-4-1)39-19-7-11-23-46(39)55-47-24-12-8-20-41(47)44-33-37(27-30-49(44)55)38-28-31-50-45(34-38)42-21-9-13-25-48(42)56(50)51-32-29-40(36-17-5-2-6-18-36)54-53(51)43-22-10-14-26-52(43)57-54/h1-34H/i1D,2D,3D,4D,5D,6D,7D,8D,9D,10D,11D,12D,13D,14D,15D,16D,17D,18D,19D,20D,21D,22D,23D,24D,25D,26D,27D,28D,29D,30D,31D,32D,33D,34D. The van der Waals surface area contributed by atoms with Crippen molar-refractivity contribution in [2.75, 3.05) is 0 Å². The first-order chi connectivity index (χ1) is 42.4. The molecule has 12 aromatic rings. The maximum absolute atomic E-state index is 10.1. The van der Waals surface area contributed by atoms with Crippen molar-refractivity contribution in [3.63, 3.8) is 0 Å². The molecule has 0 spiro atoms. The van der Waals surface area contributed by atoms with Gasteiger partial charge in [-0.05, 0) is 82.7 Å². The maximum atomic E-state index is 10.1. The first-order valence-electron chi connectivity index (χ1n) is 33.7. The lowest BCUT2D eigenvalue weighted by molar-refractivity contribution is 0.670. The molecule has 0 saturated heterocycles. The average Bonchev–Trinajstić information content (AvgIpc) is 1.55. The summed E-state index contributed by atoms with van der Waals surface area (Å²) >= 11 is 0. The highest BCUT2D eigenvalue weighted by Crippen LogP contribution is 2.44. The number of hydrogen-bond acceptors (Lipinski definition) is 1. The number of para-hydroxylation sites is 4. The highest BCUT2D eigenvalue weighted by atomic mass is 16.3. The normalized spacial score (nSPS) is 20.2. The monoisotopic (exact) mass is 760 g/mol. The third-order valence-electron chi connectivity index (χ3n) is 9.28. The summed E-state index contributed by atoms with van der Waals surface area (Å²) in [5.74, 6) is 0. The van der Waals surface area contributed by atoms with Gasteiger partial charge in [0.2, 0.25) is 0 Å². The second-order valence-corrected chi connectivity index (χ2v) is 12.3. The molecule has 266 valence electrons. The summed E-state index contributed by atoms with van der Waals surface area (Å²) in [6, 6.07) is -34.0. The zero-order chi connectivity index (χ0) is 67.0. The maximum Gasteiger partial charge on any atom is 0.145 e. The molecule has 3 heteroatoms. The van der Waals surface area contributed by atoms with Crippen LogP contribution < -0.4 is 0 Å². The number of rotatable bonds is 5. The van der Waals surface area contributed by atoms with Gasteiger partial charge in [0.25, 0.3) is 0 Å². The molecule has 57 heavy (non-hydrogen) atoms. The Morgan fingerprint density at radius 2 is 0.825 bits per heavy atom. The van der Waals surface area contributed by atoms with Gasteiger partial charge in [-0.25, -0.2) is 0 Å². The fourth-order valence-electron chi connectivity index (χ4n) is 6.94.